The van der Waals surface area contributed by atoms with E-state index in [2.05, 4.69) is 11.6 Å². The van der Waals surface area contributed by atoms with E-state index < -0.39 is 11.9 Å². The van der Waals surface area contributed by atoms with Crippen molar-refractivity contribution in [1.82, 2.24) is 5.32 Å². The molecule has 1 saturated carbocycles. The minimum Gasteiger partial charge on any atom is -0.481 e. The average molecular weight is 306 g/mol. The summed E-state index contributed by atoms with van der Waals surface area (Å²) < 4.78 is 0.196. The van der Waals surface area contributed by atoms with E-state index in [1.54, 1.807) is 28.8 Å². The molecule has 1 aliphatic carbocycles. The van der Waals surface area contributed by atoms with Crippen LogP contribution < -0.4 is 10.2 Å². The standard InChI is InChI=1S/C15H18N2O3S/c1-21-15(6-7-15)9-16-14(20)17-8-11(13(18)19)10-4-2-3-5-12(10)17/h2-5,11H,6-9H2,1H3,(H,16,20)(H,18,19). The molecule has 2 N–H and O–H groups in total. The molecule has 0 aromatic heterocycles. The average Bonchev–Trinajstić information content (AvgIpc) is 3.17. The molecule has 0 spiro atoms. The highest BCUT2D eigenvalue weighted by molar-refractivity contribution is 8.00. The molecule has 1 aromatic carbocycles. The van der Waals surface area contributed by atoms with E-state index in [0.29, 0.717) is 17.8 Å². The molecule has 5 nitrogen and oxygen atoms in total. The number of anilines is 1. The van der Waals surface area contributed by atoms with Crippen LogP contribution in [0, 0.1) is 0 Å². The number of amides is 2. The molecule has 0 saturated heterocycles. The van der Waals surface area contributed by atoms with E-state index in [4.69, 9.17) is 0 Å². The zero-order valence-electron chi connectivity index (χ0n) is 11.8. The molecule has 1 fully saturated rings. The largest absolute Gasteiger partial charge is 0.481 e. The van der Waals surface area contributed by atoms with Crippen LogP contribution >= 0.6 is 11.8 Å². The van der Waals surface area contributed by atoms with Crippen molar-refractivity contribution in [1.29, 1.82) is 0 Å². The van der Waals surface area contributed by atoms with Crippen molar-refractivity contribution in [3.63, 3.8) is 0 Å². The van der Waals surface area contributed by atoms with Crippen LogP contribution in [0.25, 0.3) is 0 Å². The SMILES string of the molecule is CSC1(CNC(=O)N2CC(C(=O)O)c3ccccc32)CC1. The third-order valence-electron chi connectivity index (χ3n) is 4.31. The zero-order valence-corrected chi connectivity index (χ0v) is 12.7. The molecule has 112 valence electrons. The zero-order chi connectivity index (χ0) is 15.0. The monoisotopic (exact) mass is 306 g/mol. The quantitative estimate of drug-likeness (QED) is 0.895. The van der Waals surface area contributed by atoms with Crippen molar-refractivity contribution in [2.24, 2.45) is 0 Å². The van der Waals surface area contributed by atoms with E-state index >= 15 is 0 Å². The van der Waals surface area contributed by atoms with E-state index in [0.717, 1.165) is 12.8 Å². The van der Waals surface area contributed by atoms with Crippen molar-refractivity contribution in [3.05, 3.63) is 29.8 Å². The van der Waals surface area contributed by atoms with E-state index in [9.17, 15) is 14.7 Å². The summed E-state index contributed by atoms with van der Waals surface area (Å²) in [7, 11) is 0. The van der Waals surface area contributed by atoms with Gasteiger partial charge in [-0.05, 0) is 30.7 Å². The van der Waals surface area contributed by atoms with Gasteiger partial charge in [0.2, 0.25) is 0 Å². The van der Waals surface area contributed by atoms with Gasteiger partial charge in [0.25, 0.3) is 0 Å². The number of carboxylic acids is 1. The minimum absolute atomic E-state index is 0.196. The second-order valence-electron chi connectivity index (χ2n) is 5.61. The van der Waals surface area contributed by atoms with Crippen LogP contribution in [0.1, 0.15) is 24.3 Å². The van der Waals surface area contributed by atoms with Crippen LogP contribution in [0.4, 0.5) is 10.5 Å². The second-order valence-corrected chi connectivity index (χ2v) is 6.88. The number of hydrogen-bond acceptors (Lipinski definition) is 3. The summed E-state index contributed by atoms with van der Waals surface area (Å²) in [6.45, 7) is 0.843. The predicted octanol–water partition coefficient (Wildman–Crippen LogP) is 2.28. The fourth-order valence-electron chi connectivity index (χ4n) is 2.74. The number of thioether (sulfide) groups is 1. The van der Waals surface area contributed by atoms with Gasteiger partial charge >= 0.3 is 12.0 Å². The lowest BCUT2D eigenvalue weighted by molar-refractivity contribution is -0.138. The summed E-state index contributed by atoms with van der Waals surface area (Å²) in [6.07, 6.45) is 4.32. The minimum atomic E-state index is -0.888. The van der Waals surface area contributed by atoms with Gasteiger partial charge in [0, 0.05) is 23.5 Å². The first kappa shape index (κ1) is 14.3. The number of nitrogens with zero attached hydrogens (tertiary/aromatic N) is 1. The van der Waals surface area contributed by atoms with Crippen LogP contribution in [0.2, 0.25) is 0 Å². The van der Waals surface area contributed by atoms with Crippen LogP contribution in [-0.2, 0) is 4.79 Å². The summed E-state index contributed by atoms with van der Waals surface area (Å²) in [5.74, 6) is -1.53. The molecule has 21 heavy (non-hydrogen) atoms. The van der Waals surface area contributed by atoms with Gasteiger partial charge in [-0.15, -0.1) is 0 Å². The number of urea groups is 1. The molecule has 2 amide bonds. The lowest BCUT2D eigenvalue weighted by atomic mass is 10.0. The van der Waals surface area contributed by atoms with E-state index in [1.807, 2.05) is 12.1 Å². The second kappa shape index (κ2) is 5.26. The van der Waals surface area contributed by atoms with Gasteiger partial charge in [-0.25, -0.2) is 4.79 Å². The third kappa shape index (κ3) is 2.60. The van der Waals surface area contributed by atoms with E-state index in [-0.39, 0.29) is 17.3 Å². The van der Waals surface area contributed by atoms with Crippen molar-refractivity contribution in [3.8, 4) is 0 Å². The number of rotatable bonds is 4. The van der Waals surface area contributed by atoms with E-state index in [1.165, 1.54) is 0 Å². The molecule has 2 aliphatic rings. The van der Waals surface area contributed by atoms with Gasteiger partial charge in [-0.3, -0.25) is 9.69 Å². The van der Waals surface area contributed by atoms with Gasteiger partial charge in [-0.1, -0.05) is 18.2 Å². The molecule has 1 aromatic rings. The molecule has 6 heteroatoms. The Morgan fingerprint density at radius 2 is 2.14 bits per heavy atom. The first-order valence-electron chi connectivity index (χ1n) is 6.98. The summed E-state index contributed by atoms with van der Waals surface area (Å²) in [5, 5.41) is 12.3. The van der Waals surface area contributed by atoms with Crippen LogP contribution in [0.5, 0.6) is 0 Å². The van der Waals surface area contributed by atoms with Crippen molar-refractivity contribution in [2.75, 3.05) is 24.2 Å². The molecule has 1 unspecified atom stereocenters. The maximum atomic E-state index is 12.4. The Hall–Kier alpha value is -1.69. The predicted molar refractivity (Wildman–Crippen MR) is 83.0 cm³/mol. The highest BCUT2D eigenvalue weighted by Crippen LogP contribution is 2.46. The maximum absolute atomic E-state index is 12.4. The number of fused-ring (bicyclic) bond motifs is 1. The summed E-state index contributed by atoms with van der Waals surface area (Å²) >= 11 is 1.79. The molecule has 0 radical (unpaired) electrons. The Morgan fingerprint density at radius 1 is 1.43 bits per heavy atom. The Labute approximate surface area is 127 Å². The molecule has 0 bridgehead atoms. The Morgan fingerprint density at radius 3 is 2.76 bits per heavy atom. The number of para-hydroxylation sites is 1. The molecular formula is C15H18N2O3S. The first-order chi connectivity index (χ1) is 10.1. The van der Waals surface area contributed by atoms with Crippen molar-refractivity contribution < 1.29 is 14.7 Å². The normalized spacial score (nSPS) is 21.8. The van der Waals surface area contributed by atoms with Gasteiger partial charge in [0.05, 0.1) is 0 Å². The van der Waals surface area contributed by atoms with Crippen LogP contribution in [0.15, 0.2) is 24.3 Å². The highest BCUT2D eigenvalue weighted by atomic mass is 32.2. The smallest absolute Gasteiger partial charge is 0.321 e. The Bertz CT molecular complexity index is 586. The van der Waals surface area contributed by atoms with Crippen molar-refractivity contribution >= 4 is 29.4 Å². The number of benzene rings is 1. The molecule has 3 rings (SSSR count). The Balaban J connectivity index is 1.74. The fraction of sp³-hybridized carbons (Fsp3) is 0.467. The fourth-order valence-corrected chi connectivity index (χ4v) is 3.46. The number of nitrogens with one attached hydrogen (secondary N) is 1. The summed E-state index contributed by atoms with van der Waals surface area (Å²) in [5.41, 5.74) is 1.42. The molecular weight excluding hydrogens is 288 g/mol. The number of aliphatic carboxylic acids is 1. The van der Waals surface area contributed by atoms with Gasteiger partial charge in [0.15, 0.2) is 0 Å². The number of carbonyl (C=O) groups excluding carboxylic acids is 1. The first-order valence-corrected chi connectivity index (χ1v) is 8.21. The van der Waals surface area contributed by atoms with Gasteiger partial charge in [-0.2, -0.15) is 11.8 Å². The number of carboxylic acid groups (broad SMARTS) is 1. The van der Waals surface area contributed by atoms with Gasteiger partial charge < -0.3 is 10.4 Å². The molecule has 1 heterocycles. The van der Waals surface area contributed by atoms with Crippen molar-refractivity contribution in [2.45, 2.75) is 23.5 Å². The lowest BCUT2D eigenvalue weighted by Crippen LogP contribution is -2.42. The number of hydrogen-bond donors (Lipinski definition) is 2. The molecule has 1 aliphatic heterocycles. The highest BCUT2D eigenvalue weighted by Gasteiger charge is 2.43. The van der Waals surface area contributed by atoms with Gasteiger partial charge in [0.1, 0.15) is 5.92 Å². The third-order valence-corrected chi connectivity index (χ3v) is 5.73. The summed E-state index contributed by atoms with van der Waals surface area (Å²) in [4.78, 5) is 25.3. The Kier molecular flexibility index (Phi) is 3.57. The summed E-state index contributed by atoms with van der Waals surface area (Å²) in [6, 6.07) is 7.02. The molecule has 1 atom stereocenters. The van der Waals surface area contributed by atoms with Crippen LogP contribution in [0.3, 0.4) is 0 Å². The van der Waals surface area contributed by atoms with Crippen LogP contribution in [-0.4, -0.2) is 41.2 Å². The number of carbonyl (C=O) groups is 2. The topological polar surface area (TPSA) is 69.6 Å². The maximum Gasteiger partial charge on any atom is 0.321 e. The lowest BCUT2D eigenvalue weighted by Gasteiger charge is -2.20.